The minimum Gasteiger partial charge on any atom is -0.298 e. The predicted molar refractivity (Wildman–Crippen MR) is 58.5 cm³/mol. The largest absolute Gasteiger partial charge is 0.298 e. The van der Waals surface area contributed by atoms with Crippen molar-refractivity contribution in [3.63, 3.8) is 0 Å². The van der Waals surface area contributed by atoms with Gasteiger partial charge in [-0.2, -0.15) is 0 Å². The molecule has 82 valence electrons. The zero-order chi connectivity index (χ0) is 11.6. The van der Waals surface area contributed by atoms with Crippen LogP contribution in [0.5, 0.6) is 0 Å². The topological polar surface area (TPSA) is 17.1 Å². The van der Waals surface area contributed by atoms with Gasteiger partial charge in [0.2, 0.25) is 0 Å². The van der Waals surface area contributed by atoms with Gasteiger partial charge in [-0.3, -0.25) is 4.79 Å². The summed E-state index contributed by atoms with van der Waals surface area (Å²) in [5.41, 5.74) is 1.13. The first-order valence-corrected chi connectivity index (χ1v) is 5.38. The molecule has 0 aromatic heterocycles. The van der Waals surface area contributed by atoms with Gasteiger partial charge in [0.1, 0.15) is 5.78 Å². The fourth-order valence-electron chi connectivity index (χ4n) is 1.33. The molecule has 1 rings (SSSR count). The highest BCUT2D eigenvalue weighted by Gasteiger charge is 2.21. The fraction of sp³-hybridized carbons (Fsp3) is 0.364. The van der Waals surface area contributed by atoms with Crippen molar-refractivity contribution in [2.45, 2.75) is 25.1 Å². The number of hydrogen-bond donors (Lipinski definition) is 0. The van der Waals surface area contributed by atoms with Crippen molar-refractivity contribution in [1.82, 2.24) is 0 Å². The van der Waals surface area contributed by atoms with Crippen LogP contribution in [0.1, 0.15) is 34.9 Å². The summed E-state index contributed by atoms with van der Waals surface area (Å²) in [7, 11) is 0. The second kappa shape index (κ2) is 4.84. The molecule has 1 atom stereocenters. The summed E-state index contributed by atoms with van der Waals surface area (Å²) >= 11 is 3.12. The Kier molecular flexibility index (Phi) is 3.97. The van der Waals surface area contributed by atoms with Gasteiger partial charge in [-0.25, -0.2) is 8.78 Å². The molecule has 15 heavy (non-hydrogen) atoms. The van der Waals surface area contributed by atoms with E-state index in [9.17, 15) is 13.6 Å². The highest BCUT2D eigenvalue weighted by atomic mass is 79.9. The lowest BCUT2D eigenvalue weighted by Crippen LogP contribution is -2.05. The molecule has 4 heteroatoms. The van der Waals surface area contributed by atoms with Crippen molar-refractivity contribution < 1.29 is 13.6 Å². The standard InChI is InChI=1S/C11H11BrF2O/c1-6-3-4-8(11(13)14)9(5-6)10(12)7(2)15/h3-5,10-11H,1-2H3. The van der Waals surface area contributed by atoms with Crippen LogP contribution < -0.4 is 0 Å². The molecule has 0 N–H and O–H groups in total. The number of ketones is 1. The number of benzene rings is 1. The lowest BCUT2D eigenvalue weighted by molar-refractivity contribution is -0.116. The Morgan fingerprint density at radius 1 is 1.33 bits per heavy atom. The molecule has 1 unspecified atom stereocenters. The van der Waals surface area contributed by atoms with E-state index in [2.05, 4.69) is 15.9 Å². The van der Waals surface area contributed by atoms with Crippen LogP contribution in [0.4, 0.5) is 8.78 Å². The Balaban J connectivity index is 3.24. The number of alkyl halides is 3. The Labute approximate surface area is 95.6 Å². The average Bonchev–Trinajstić information content (AvgIpc) is 2.15. The van der Waals surface area contributed by atoms with E-state index < -0.39 is 11.3 Å². The maximum Gasteiger partial charge on any atom is 0.264 e. The van der Waals surface area contributed by atoms with Crippen molar-refractivity contribution in [3.8, 4) is 0 Å². The predicted octanol–water partition coefficient (Wildman–Crippen LogP) is 3.96. The number of rotatable bonds is 3. The van der Waals surface area contributed by atoms with Crippen LogP contribution in [-0.2, 0) is 4.79 Å². The van der Waals surface area contributed by atoms with E-state index in [0.717, 1.165) is 5.56 Å². The third-order valence-corrected chi connectivity index (χ3v) is 3.25. The monoisotopic (exact) mass is 276 g/mol. The molecule has 1 nitrogen and oxygen atoms in total. The molecule has 0 spiro atoms. The number of Topliss-reactive ketones (excluding diaryl/α,β-unsaturated/α-hetero) is 1. The van der Waals surface area contributed by atoms with Crippen molar-refractivity contribution >= 4 is 21.7 Å². The van der Waals surface area contributed by atoms with Gasteiger partial charge in [0.15, 0.2) is 0 Å². The smallest absolute Gasteiger partial charge is 0.264 e. The van der Waals surface area contributed by atoms with Crippen molar-refractivity contribution in [3.05, 3.63) is 34.9 Å². The molecular formula is C11H11BrF2O. The maximum absolute atomic E-state index is 12.7. The van der Waals surface area contributed by atoms with E-state index in [1.807, 2.05) is 0 Å². The van der Waals surface area contributed by atoms with Gasteiger partial charge in [-0.15, -0.1) is 0 Å². The Hall–Kier alpha value is -0.770. The third-order valence-electron chi connectivity index (χ3n) is 2.11. The lowest BCUT2D eigenvalue weighted by atomic mass is 10.0. The van der Waals surface area contributed by atoms with Gasteiger partial charge in [-0.05, 0) is 19.4 Å². The number of halogens is 3. The van der Waals surface area contributed by atoms with Crippen molar-refractivity contribution in [2.75, 3.05) is 0 Å². The summed E-state index contributed by atoms with van der Waals surface area (Å²) in [4.78, 5) is 10.5. The molecular weight excluding hydrogens is 266 g/mol. The SMILES string of the molecule is CC(=O)C(Br)c1cc(C)ccc1C(F)F. The van der Waals surface area contributed by atoms with E-state index in [4.69, 9.17) is 0 Å². The van der Waals surface area contributed by atoms with Crippen LogP contribution in [-0.4, -0.2) is 5.78 Å². The quantitative estimate of drug-likeness (QED) is 0.764. The highest BCUT2D eigenvalue weighted by Crippen LogP contribution is 2.33. The second-order valence-electron chi connectivity index (χ2n) is 3.41. The molecule has 1 aromatic carbocycles. The molecule has 0 radical (unpaired) electrons. The second-order valence-corrected chi connectivity index (χ2v) is 4.32. The zero-order valence-corrected chi connectivity index (χ0v) is 10.0. The van der Waals surface area contributed by atoms with Crippen LogP contribution >= 0.6 is 15.9 Å². The molecule has 0 aliphatic rings. The fourth-order valence-corrected chi connectivity index (χ4v) is 1.73. The van der Waals surface area contributed by atoms with Crippen LogP contribution in [0.15, 0.2) is 18.2 Å². The molecule has 0 aliphatic carbocycles. The molecule has 0 heterocycles. The van der Waals surface area contributed by atoms with Crippen LogP contribution in [0, 0.1) is 6.92 Å². The van der Waals surface area contributed by atoms with Gasteiger partial charge >= 0.3 is 0 Å². The number of hydrogen-bond acceptors (Lipinski definition) is 1. The first kappa shape index (κ1) is 12.3. The summed E-state index contributed by atoms with van der Waals surface area (Å²) < 4.78 is 25.3. The van der Waals surface area contributed by atoms with E-state index in [-0.39, 0.29) is 11.3 Å². The van der Waals surface area contributed by atoms with Gasteiger partial charge in [0, 0.05) is 5.56 Å². The van der Waals surface area contributed by atoms with Crippen molar-refractivity contribution in [2.24, 2.45) is 0 Å². The van der Waals surface area contributed by atoms with Gasteiger partial charge < -0.3 is 0 Å². The average molecular weight is 277 g/mol. The first-order chi connectivity index (χ1) is 6.93. The van der Waals surface area contributed by atoms with Gasteiger partial charge in [-0.1, -0.05) is 39.7 Å². The molecule has 0 saturated heterocycles. The van der Waals surface area contributed by atoms with Crippen LogP contribution in [0.3, 0.4) is 0 Å². The Bertz CT molecular complexity index is 377. The number of carbonyl (C=O) groups excluding carboxylic acids is 1. The maximum atomic E-state index is 12.7. The normalized spacial score (nSPS) is 12.9. The van der Waals surface area contributed by atoms with Gasteiger partial charge in [0.25, 0.3) is 6.43 Å². The van der Waals surface area contributed by atoms with Crippen LogP contribution in [0.25, 0.3) is 0 Å². The molecule has 1 aromatic rings. The summed E-state index contributed by atoms with van der Waals surface area (Å²) in [6.07, 6.45) is -2.56. The minimum absolute atomic E-state index is 0.0855. The Morgan fingerprint density at radius 2 is 1.93 bits per heavy atom. The summed E-state index contributed by atoms with van der Waals surface area (Å²) in [6.45, 7) is 3.18. The zero-order valence-electron chi connectivity index (χ0n) is 8.43. The first-order valence-electron chi connectivity index (χ1n) is 4.46. The third kappa shape index (κ3) is 2.84. The van der Waals surface area contributed by atoms with Crippen LogP contribution in [0.2, 0.25) is 0 Å². The van der Waals surface area contributed by atoms with Gasteiger partial charge in [0.05, 0.1) is 4.83 Å². The van der Waals surface area contributed by atoms with E-state index in [1.54, 1.807) is 19.1 Å². The Morgan fingerprint density at radius 3 is 2.40 bits per heavy atom. The summed E-state index contributed by atoms with van der Waals surface area (Å²) in [6, 6.07) is 4.60. The van der Waals surface area contributed by atoms with E-state index >= 15 is 0 Å². The number of carbonyl (C=O) groups is 1. The molecule has 0 aliphatic heterocycles. The number of aryl methyl sites for hydroxylation is 1. The molecule has 0 bridgehead atoms. The minimum atomic E-state index is -2.56. The highest BCUT2D eigenvalue weighted by molar-refractivity contribution is 9.09. The molecule has 0 saturated carbocycles. The lowest BCUT2D eigenvalue weighted by Gasteiger charge is -2.13. The molecule has 0 amide bonds. The van der Waals surface area contributed by atoms with Crippen molar-refractivity contribution in [1.29, 1.82) is 0 Å². The molecule has 0 fully saturated rings. The summed E-state index contributed by atoms with van der Waals surface area (Å²) in [5.74, 6) is -0.178. The van der Waals surface area contributed by atoms with E-state index in [1.165, 1.54) is 13.0 Å². The van der Waals surface area contributed by atoms with E-state index in [0.29, 0.717) is 5.56 Å². The summed E-state index contributed by atoms with van der Waals surface area (Å²) in [5, 5.41) is 0.